The standard InChI is InChI=1S/C23H21FO2/c1-15(2)19-12-11-17(10-9-16-5-3-6-18(24)13-16)14-20(19)23-21(25)7-4-8-22(23)26/h3-15,25-26H,1-2H3/b10-9+. The molecule has 0 aliphatic heterocycles. The van der Waals surface area contributed by atoms with Gasteiger partial charge in [0.2, 0.25) is 0 Å². The molecule has 0 unspecified atom stereocenters. The third-order valence-electron chi connectivity index (χ3n) is 4.31. The van der Waals surface area contributed by atoms with E-state index in [4.69, 9.17) is 0 Å². The van der Waals surface area contributed by atoms with E-state index in [1.54, 1.807) is 24.3 Å². The van der Waals surface area contributed by atoms with Crippen LogP contribution in [0.25, 0.3) is 23.3 Å². The molecule has 132 valence electrons. The van der Waals surface area contributed by atoms with E-state index in [1.807, 2.05) is 36.4 Å². The summed E-state index contributed by atoms with van der Waals surface area (Å²) in [5.41, 5.74) is 3.92. The summed E-state index contributed by atoms with van der Waals surface area (Å²) in [5.74, 6) is 0.0312. The van der Waals surface area contributed by atoms with Gasteiger partial charge in [-0.25, -0.2) is 4.39 Å². The van der Waals surface area contributed by atoms with Crippen molar-refractivity contribution < 1.29 is 14.6 Å². The zero-order valence-electron chi connectivity index (χ0n) is 14.8. The Kier molecular flexibility index (Phi) is 5.08. The summed E-state index contributed by atoms with van der Waals surface area (Å²) in [6, 6.07) is 17.0. The van der Waals surface area contributed by atoms with Crippen molar-refractivity contribution in [3.05, 3.63) is 83.2 Å². The fourth-order valence-corrected chi connectivity index (χ4v) is 3.00. The van der Waals surface area contributed by atoms with Crippen LogP contribution in [0.2, 0.25) is 0 Å². The highest BCUT2D eigenvalue weighted by molar-refractivity contribution is 5.82. The van der Waals surface area contributed by atoms with Gasteiger partial charge in [-0.05, 0) is 58.5 Å². The molecule has 0 aliphatic rings. The first-order valence-electron chi connectivity index (χ1n) is 8.54. The number of phenols is 2. The van der Waals surface area contributed by atoms with Gasteiger partial charge in [-0.3, -0.25) is 0 Å². The Morgan fingerprint density at radius 2 is 1.42 bits per heavy atom. The van der Waals surface area contributed by atoms with E-state index in [0.29, 0.717) is 5.56 Å². The molecule has 3 heteroatoms. The van der Waals surface area contributed by atoms with Crippen LogP contribution in [0.4, 0.5) is 4.39 Å². The summed E-state index contributed by atoms with van der Waals surface area (Å²) in [4.78, 5) is 0. The lowest BCUT2D eigenvalue weighted by atomic mass is 9.90. The Bertz CT molecular complexity index is 938. The van der Waals surface area contributed by atoms with Gasteiger partial charge in [-0.1, -0.05) is 56.3 Å². The molecule has 0 atom stereocenters. The molecule has 2 nitrogen and oxygen atoms in total. The zero-order chi connectivity index (χ0) is 18.7. The van der Waals surface area contributed by atoms with Crippen molar-refractivity contribution in [2.24, 2.45) is 0 Å². The predicted molar refractivity (Wildman–Crippen MR) is 105 cm³/mol. The van der Waals surface area contributed by atoms with Gasteiger partial charge in [-0.15, -0.1) is 0 Å². The molecule has 0 radical (unpaired) electrons. The second-order valence-electron chi connectivity index (χ2n) is 6.56. The first kappa shape index (κ1) is 17.7. The van der Waals surface area contributed by atoms with Crippen LogP contribution in [-0.2, 0) is 0 Å². The highest BCUT2D eigenvalue weighted by Gasteiger charge is 2.16. The van der Waals surface area contributed by atoms with Crippen molar-refractivity contribution in [1.82, 2.24) is 0 Å². The molecule has 0 heterocycles. The van der Waals surface area contributed by atoms with E-state index in [9.17, 15) is 14.6 Å². The summed E-state index contributed by atoms with van der Waals surface area (Å²) >= 11 is 0. The van der Waals surface area contributed by atoms with Gasteiger partial charge < -0.3 is 10.2 Å². The maximum atomic E-state index is 13.3. The molecule has 0 spiro atoms. The molecule has 0 amide bonds. The quantitative estimate of drug-likeness (QED) is 0.551. The molecule has 0 aliphatic carbocycles. The number of halogens is 1. The Morgan fingerprint density at radius 3 is 2.04 bits per heavy atom. The summed E-state index contributed by atoms with van der Waals surface area (Å²) in [5, 5.41) is 20.5. The van der Waals surface area contributed by atoms with Crippen LogP contribution in [0, 0.1) is 5.82 Å². The number of phenolic OH excluding ortho intramolecular Hbond substituents is 2. The van der Waals surface area contributed by atoms with E-state index in [1.165, 1.54) is 12.1 Å². The largest absolute Gasteiger partial charge is 0.507 e. The minimum atomic E-state index is -0.276. The lowest BCUT2D eigenvalue weighted by Gasteiger charge is -2.16. The summed E-state index contributed by atoms with van der Waals surface area (Å²) in [6.07, 6.45) is 3.72. The Balaban J connectivity index is 2.07. The fraction of sp³-hybridized carbons (Fsp3) is 0.130. The van der Waals surface area contributed by atoms with E-state index in [-0.39, 0.29) is 23.2 Å². The minimum absolute atomic E-state index is 0.0400. The van der Waals surface area contributed by atoms with Crippen molar-refractivity contribution in [2.45, 2.75) is 19.8 Å². The summed E-state index contributed by atoms with van der Waals surface area (Å²) in [6.45, 7) is 4.14. The third kappa shape index (κ3) is 3.77. The van der Waals surface area contributed by atoms with E-state index in [0.717, 1.165) is 22.3 Å². The van der Waals surface area contributed by atoms with Crippen molar-refractivity contribution in [3.63, 3.8) is 0 Å². The summed E-state index contributed by atoms with van der Waals surface area (Å²) < 4.78 is 13.3. The van der Waals surface area contributed by atoms with E-state index in [2.05, 4.69) is 13.8 Å². The molecule has 0 saturated heterocycles. The van der Waals surface area contributed by atoms with Crippen molar-refractivity contribution in [2.75, 3.05) is 0 Å². The average Bonchev–Trinajstić information content (AvgIpc) is 2.60. The number of aromatic hydroxyl groups is 2. The van der Waals surface area contributed by atoms with Crippen LogP contribution in [0.1, 0.15) is 36.5 Å². The molecule has 3 aromatic rings. The topological polar surface area (TPSA) is 40.5 Å². The molecular formula is C23H21FO2. The van der Waals surface area contributed by atoms with Gasteiger partial charge in [0.15, 0.2) is 0 Å². The zero-order valence-corrected chi connectivity index (χ0v) is 14.8. The molecule has 3 aromatic carbocycles. The smallest absolute Gasteiger partial charge is 0.127 e. The predicted octanol–water partition coefficient (Wildman–Crippen LogP) is 6.20. The lowest BCUT2D eigenvalue weighted by Crippen LogP contribution is -1.94. The number of rotatable bonds is 4. The van der Waals surface area contributed by atoms with E-state index >= 15 is 0 Å². The average molecular weight is 348 g/mol. The third-order valence-corrected chi connectivity index (χ3v) is 4.31. The Hall–Kier alpha value is -3.07. The Labute approximate surface area is 152 Å². The van der Waals surface area contributed by atoms with E-state index < -0.39 is 0 Å². The Morgan fingerprint density at radius 1 is 0.808 bits per heavy atom. The molecule has 3 rings (SSSR count). The number of hydrogen-bond acceptors (Lipinski definition) is 2. The van der Waals surface area contributed by atoms with Crippen LogP contribution in [0.3, 0.4) is 0 Å². The summed E-state index contributed by atoms with van der Waals surface area (Å²) in [7, 11) is 0. The number of hydrogen-bond donors (Lipinski definition) is 2. The van der Waals surface area contributed by atoms with Gasteiger partial charge in [0.25, 0.3) is 0 Å². The van der Waals surface area contributed by atoms with Crippen LogP contribution >= 0.6 is 0 Å². The van der Waals surface area contributed by atoms with Crippen LogP contribution in [-0.4, -0.2) is 10.2 Å². The second kappa shape index (κ2) is 7.44. The molecule has 0 saturated carbocycles. The monoisotopic (exact) mass is 348 g/mol. The highest BCUT2D eigenvalue weighted by atomic mass is 19.1. The van der Waals surface area contributed by atoms with Crippen LogP contribution in [0.5, 0.6) is 11.5 Å². The SMILES string of the molecule is CC(C)c1ccc(/C=C/c2cccc(F)c2)cc1-c1c(O)cccc1O. The molecule has 2 N–H and O–H groups in total. The van der Waals surface area contributed by atoms with Crippen LogP contribution < -0.4 is 0 Å². The molecule has 0 aromatic heterocycles. The molecule has 0 fully saturated rings. The highest BCUT2D eigenvalue weighted by Crippen LogP contribution is 2.41. The van der Waals surface area contributed by atoms with Crippen molar-refractivity contribution in [3.8, 4) is 22.6 Å². The minimum Gasteiger partial charge on any atom is -0.507 e. The van der Waals surface area contributed by atoms with Gasteiger partial charge in [0.05, 0.1) is 5.56 Å². The lowest BCUT2D eigenvalue weighted by molar-refractivity contribution is 0.454. The first-order chi connectivity index (χ1) is 12.5. The van der Waals surface area contributed by atoms with Crippen LogP contribution in [0.15, 0.2) is 60.7 Å². The maximum absolute atomic E-state index is 13.3. The normalized spacial score (nSPS) is 11.4. The number of benzene rings is 3. The van der Waals surface area contributed by atoms with Gasteiger partial charge in [-0.2, -0.15) is 0 Å². The fourth-order valence-electron chi connectivity index (χ4n) is 3.00. The first-order valence-corrected chi connectivity index (χ1v) is 8.54. The van der Waals surface area contributed by atoms with Crippen molar-refractivity contribution >= 4 is 12.2 Å². The maximum Gasteiger partial charge on any atom is 0.127 e. The van der Waals surface area contributed by atoms with Gasteiger partial charge in [0.1, 0.15) is 17.3 Å². The van der Waals surface area contributed by atoms with Gasteiger partial charge >= 0.3 is 0 Å². The van der Waals surface area contributed by atoms with Crippen molar-refractivity contribution in [1.29, 1.82) is 0 Å². The van der Waals surface area contributed by atoms with Gasteiger partial charge in [0, 0.05) is 0 Å². The molecule has 26 heavy (non-hydrogen) atoms. The molecule has 0 bridgehead atoms. The second-order valence-corrected chi connectivity index (χ2v) is 6.56. The molecular weight excluding hydrogens is 327 g/mol.